The van der Waals surface area contributed by atoms with Crippen molar-refractivity contribution in [1.29, 1.82) is 0 Å². The van der Waals surface area contributed by atoms with Gasteiger partial charge in [-0.05, 0) is 37.8 Å². The molecule has 2 unspecified atom stereocenters. The Morgan fingerprint density at radius 1 is 1.43 bits per heavy atom. The SMILES string of the molecule is CCOC(=O)C1(Nc2ccccc2OC)CCCC(C)C1. The number of carbonyl (C=O) groups excluding carboxylic acids is 1. The molecule has 1 fully saturated rings. The molecule has 2 atom stereocenters. The van der Waals surface area contributed by atoms with E-state index in [1.165, 1.54) is 0 Å². The summed E-state index contributed by atoms with van der Waals surface area (Å²) in [5, 5.41) is 3.43. The summed E-state index contributed by atoms with van der Waals surface area (Å²) in [7, 11) is 1.64. The first-order valence-electron chi connectivity index (χ1n) is 7.69. The molecule has 4 nitrogen and oxygen atoms in total. The van der Waals surface area contributed by atoms with Crippen LogP contribution in [0.15, 0.2) is 24.3 Å². The molecule has 1 aliphatic rings. The lowest BCUT2D eigenvalue weighted by molar-refractivity contribution is -0.150. The van der Waals surface area contributed by atoms with Gasteiger partial charge in [0.2, 0.25) is 0 Å². The Morgan fingerprint density at radius 3 is 2.86 bits per heavy atom. The summed E-state index contributed by atoms with van der Waals surface area (Å²) >= 11 is 0. The van der Waals surface area contributed by atoms with Gasteiger partial charge in [0.1, 0.15) is 11.3 Å². The van der Waals surface area contributed by atoms with Gasteiger partial charge in [-0.15, -0.1) is 0 Å². The maximum absolute atomic E-state index is 12.5. The molecule has 1 aromatic carbocycles. The van der Waals surface area contributed by atoms with Crippen molar-refractivity contribution < 1.29 is 14.3 Å². The predicted octanol–water partition coefficient (Wildman–Crippen LogP) is 3.62. The first kappa shape index (κ1) is 15.7. The van der Waals surface area contributed by atoms with Gasteiger partial charge >= 0.3 is 5.97 Å². The predicted molar refractivity (Wildman–Crippen MR) is 83.6 cm³/mol. The van der Waals surface area contributed by atoms with Gasteiger partial charge in [0.15, 0.2) is 0 Å². The monoisotopic (exact) mass is 291 g/mol. The van der Waals surface area contributed by atoms with Crippen LogP contribution >= 0.6 is 0 Å². The number of hydrogen-bond acceptors (Lipinski definition) is 4. The number of carbonyl (C=O) groups is 1. The standard InChI is InChI=1S/C17H25NO3/c1-4-21-16(19)17(11-7-8-13(2)12-17)18-14-9-5-6-10-15(14)20-3/h5-6,9-10,13,18H,4,7-8,11-12H2,1-3H3. The average molecular weight is 291 g/mol. The summed E-state index contributed by atoms with van der Waals surface area (Å²) < 4.78 is 10.7. The van der Waals surface area contributed by atoms with Crippen LogP contribution in [0.25, 0.3) is 0 Å². The number of hydrogen-bond donors (Lipinski definition) is 1. The van der Waals surface area contributed by atoms with Gasteiger partial charge in [-0.2, -0.15) is 0 Å². The van der Waals surface area contributed by atoms with Crippen molar-refractivity contribution >= 4 is 11.7 Å². The number of rotatable bonds is 5. The number of ether oxygens (including phenoxy) is 2. The van der Waals surface area contributed by atoms with Crippen LogP contribution in [0.4, 0.5) is 5.69 Å². The zero-order chi connectivity index (χ0) is 15.3. The summed E-state index contributed by atoms with van der Waals surface area (Å²) in [6.07, 6.45) is 3.79. The lowest BCUT2D eigenvalue weighted by Gasteiger charge is -2.39. The molecule has 1 N–H and O–H groups in total. The van der Waals surface area contributed by atoms with Gasteiger partial charge in [0, 0.05) is 0 Å². The van der Waals surface area contributed by atoms with E-state index in [4.69, 9.17) is 9.47 Å². The molecule has 0 heterocycles. The third-order valence-corrected chi connectivity index (χ3v) is 4.14. The molecule has 0 radical (unpaired) electrons. The van der Waals surface area contributed by atoms with E-state index in [2.05, 4.69) is 12.2 Å². The number of nitrogens with one attached hydrogen (secondary N) is 1. The van der Waals surface area contributed by atoms with Crippen molar-refractivity contribution in [3.63, 3.8) is 0 Å². The number of para-hydroxylation sites is 2. The van der Waals surface area contributed by atoms with Crippen LogP contribution in [0.1, 0.15) is 39.5 Å². The maximum atomic E-state index is 12.5. The Kier molecular flexibility index (Phi) is 5.10. The first-order chi connectivity index (χ1) is 10.1. The normalized spacial score (nSPS) is 25.2. The highest BCUT2D eigenvalue weighted by Crippen LogP contribution is 2.38. The van der Waals surface area contributed by atoms with Gasteiger partial charge in [-0.3, -0.25) is 0 Å². The summed E-state index contributed by atoms with van der Waals surface area (Å²) in [5.41, 5.74) is 0.213. The van der Waals surface area contributed by atoms with Crippen LogP contribution in [-0.2, 0) is 9.53 Å². The van der Waals surface area contributed by atoms with Gasteiger partial charge in [0.25, 0.3) is 0 Å². The van der Waals surface area contributed by atoms with Gasteiger partial charge in [-0.1, -0.05) is 31.9 Å². The molecular formula is C17H25NO3. The molecule has 0 saturated heterocycles. The first-order valence-corrected chi connectivity index (χ1v) is 7.69. The molecule has 21 heavy (non-hydrogen) atoms. The molecule has 1 aliphatic carbocycles. The van der Waals surface area contributed by atoms with Gasteiger partial charge in [0.05, 0.1) is 19.4 Å². The number of methoxy groups -OCH3 is 1. The minimum atomic E-state index is -0.637. The molecular weight excluding hydrogens is 266 g/mol. The Morgan fingerprint density at radius 2 is 2.19 bits per heavy atom. The zero-order valence-electron chi connectivity index (χ0n) is 13.1. The topological polar surface area (TPSA) is 47.6 Å². The Hall–Kier alpha value is -1.71. The maximum Gasteiger partial charge on any atom is 0.331 e. The number of benzene rings is 1. The number of anilines is 1. The Balaban J connectivity index is 2.29. The molecule has 4 heteroatoms. The molecule has 0 spiro atoms. The minimum Gasteiger partial charge on any atom is -0.495 e. The van der Waals surface area contributed by atoms with E-state index in [1.807, 2.05) is 31.2 Å². The number of esters is 1. The Labute approximate surface area is 126 Å². The largest absolute Gasteiger partial charge is 0.495 e. The highest BCUT2D eigenvalue weighted by molar-refractivity contribution is 5.85. The van der Waals surface area contributed by atoms with Crippen LogP contribution in [0, 0.1) is 5.92 Å². The molecule has 0 aliphatic heterocycles. The van der Waals surface area contributed by atoms with E-state index in [0.29, 0.717) is 12.5 Å². The van der Waals surface area contributed by atoms with Crippen LogP contribution in [0.2, 0.25) is 0 Å². The fraction of sp³-hybridized carbons (Fsp3) is 0.588. The summed E-state index contributed by atoms with van der Waals surface area (Å²) in [6, 6.07) is 7.70. The second-order valence-electron chi connectivity index (χ2n) is 5.83. The second kappa shape index (κ2) is 6.83. The molecule has 2 rings (SSSR count). The van der Waals surface area contributed by atoms with Crippen molar-refractivity contribution in [1.82, 2.24) is 0 Å². The Bertz CT molecular complexity index is 489. The van der Waals surface area contributed by atoms with E-state index in [-0.39, 0.29) is 5.97 Å². The third kappa shape index (κ3) is 3.49. The highest BCUT2D eigenvalue weighted by Gasteiger charge is 2.43. The van der Waals surface area contributed by atoms with Crippen molar-refractivity contribution in [3.8, 4) is 5.75 Å². The minimum absolute atomic E-state index is 0.151. The molecule has 116 valence electrons. The fourth-order valence-electron chi connectivity index (χ4n) is 3.18. The molecule has 1 saturated carbocycles. The lowest BCUT2D eigenvalue weighted by atomic mass is 9.76. The van der Waals surface area contributed by atoms with Gasteiger partial charge < -0.3 is 14.8 Å². The van der Waals surface area contributed by atoms with Crippen LogP contribution < -0.4 is 10.1 Å². The van der Waals surface area contributed by atoms with E-state index in [9.17, 15) is 4.79 Å². The van der Waals surface area contributed by atoms with E-state index < -0.39 is 5.54 Å². The summed E-state index contributed by atoms with van der Waals surface area (Å²) in [4.78, 5) is 12.5. The van der Waals surface area contributed by atoms with Crippen molar-refractivity contribution in [2.24, 2.45) is 5.92 Å². The van der Waals surface area contributed by atoms with Crippen molar-refractivity contribution in [2.75, 3.05) is 19.0 Å². The second-order valence-corrected chi connectivity index (χ2v) is 5.83. The average Bonchev–Trinajstić information content (AvgIpc) is 2.48. The quantitative estimate of drug-likeness (QED) is 0.842. The lowest BCUT2D eigenvalue weighted by Crippen LogP contribution is -2.50. The molecule has 1 aromatic rings. The van der Waals surface area contributed by atoms with E-state index >= 15 is 0 Å². The van der Waals surface area contributed by atoms with Crippen molar-refractivity contribution in [2.45, 2.75) is 45.1 Å². The molecule has 0 bridgehead atoms. The smallest absolute Gasteiger partial charge is 0.331 e. The van der Waals surface area contributed by atoms with E-state index in [0.717, 1.165) is 37.1 Å². The van der Waals surface area contributed by atoms with Crippen LogP contribution in [-0.4, -0.2) is 25.2 Å². The van der Waals surface area contributed by atoms with E-state index in [1.54, 1.807) is 7.11 Å². The van der Waals surface area contributed by atoms with Gasteiger partial charge in [-0.25, -0.2) is 4.79 Å². The molecule has 0 amide bonds. The van der Waals surface area contributed by atoms with Crippen molar-refractivity contribution in [3.05, 3.63) is 24.3 Å². The fourth-order valence-corrected chi connectivity index (χ4v) is 3.18. The van der Waals surface area contributed by atoms with Crippen LogP contribution in [0.3, 0.4) is 0 Å². The summed E-state index contributed by atoms with van der Waals surface area (Å²) in [5.74, 6) is 1.10. The molecule has 0 aromatic heterocycles. The third-order valence-electron chi connectivity index (χ3n) is 4.14. The zero-order valence-corrected chi connectivity index (χ0v) is 13.1. The highest BCUT2D eigenvalue weighted by atomic mass is 16.5. The van der Waals surface area contributed by atoms with Crippen LogP contribution in [0.5, 0.6) is 5.75 Å². The summed E-state index contributed by atoms with van der Waals surface area (Å²) in [6.45, 7) is 4.45.